The van der Waals surface area contributed by atoms with E-state index in [9.17, 15) is 4.79 Å². The number of hydrogen-bond acceptors (Lipinski definition) is 4. The van der Waals surface area contributed by atoms with Gasteiger partial charge in [0.1, 0.15) is 6.17 Å². The van der Waals surface area contributed by atoms with Crippen LogP contribution in [0.5, 0.6) is 0 Å². The molecule has 0 radical (unpaired) electrons. The Balaban J connectivity index is 1.89. The molecule has 0 spiro atoms. The van der Waals surface area contributed by atoms with Gasteiger partial charge in [-0.05, 0) is 17.2 Å². The zero-order valence-electron chi connectivity index (χ0n) is 12.6. The maximum Gasteiger partial charge on any atom is 0.330 e. The molecule has 1 aromatic carbocycles. The smallest absolute Gasteiger partial charge is 0.330 e. The van der Waals surface area contributed by atoms with Crippen molar-refractivity contribution in [3.05, 3.63) is 78.9 Å². The van der Waals surface area contributed by atoms with Crippen molar-refractivity contribution in [2.24, 2.45) is 0 Å². The molecule has 0 aliphatic heterocycles. The van der Waals surface area contributed by atoms with Crippen LogP contribution in [0.1, 0.15) is 17.3 Å². The van der Waals surface area contributed by atoms with Gasteiger partial charge < -0.3 is 13.9 Å². The summed E-state index contributed by atoms with van der Waals surface area (Å²) in [6.45, 7) is 0. The fourth-order valence-electron chi connectivity index (χ4n) is 2.34. The normalized spacial score (nSPS) is 11.2. The van der Waals surface area contributed by atoms with Crippen LogP contribution >= 0.6 is 0 Å². The van der Waals surface area contributed by atoms with Gasteiger partial charge >= 0.3 is 5.97 Å². The molecule has 0 fully saturated rings. The summed E-state index contributed by atoms with van der Waals surface area (Å²) in [5, 5.41) is 0. The largest absolute Gasteiger partial charge is 0.466 e. The number of imidazole rings is 2. The lowest BCUT2D eigenvalue weighted by atomic mass is 10.1. The molecule has 0 aliphatic carbocycles. The molecular weight excluding hydrogens is 292 g/mol. The van der Waals surface area contributed by atoms with Crippen molar-refractivity contribution in [2.45, 2.75) is 6.17 Å². The summed E-state index contributed by atoms with van der Waals surface area (Å²) >= 11 is 0. The number of carbonyl (C=O) groups excluding carboxylic acids is 1. The summed E-state index contributed by atoms with van der Waals surface area (Å²) in [6.07, 6.45) is 13.9. The first kappa shape index (κ1) is 14.8. The van der Waals surface area contributed by atoms with E-state index in [0.717, 1.165) is 11.1 Å². The Labute approximate surface area is 133 Å². The van der Waals surface area contributed by atoms with E-state index in [2.05, 4.69) is 14.7 Å². The van der Waals surface area contributed by atoms with Gasteiger partial charge in [0.25, 0.3) is 0 Å². The van der Waals surface area contributed by atoms with Gasteiger partial charge in [-0.3, -0.25) is 0 Å². The predicted octanol–water partition coefficient (Wildman–Crippen LogP) is 2.36. The minimum absolute atomic E-state index is 0.0568. The molecule has 3 rings (SSSR count). The van der Waals surface area contributed by atoms with Crippen molar-refractivity contribution < 1.29 is 9.53 Å². The third-order valence-electron chi connectivity index (χ3n) is 3.46. The maximum absolute atomic E-state index is 11.1. The molecule has 3 aromatic rings. The number of nitrogens with zero attached hydrogens (tertiary/aromatic N) is 4. The first-order valence-corrected chi connectivity index (χ1v) is 7.09. The van der Waals surface area contributed by atoms with E-state index in [1.165, 1.54) is 13.2 Å². The SMILES string of the molecule is COC(=O)/C=C/c1ccc(C(n2ccnc2)n2ccnc2)cc1. The Morgan fingerprint density at radius 3 is 2.17 bits per heavy atom. The van der Waals surface area contributed by atoms with E-state index in [4.69, 9.17) is 0 Å². The minimum Gasteiger partial charge on any atom is -0.466 e. The third kappa shape index (κ3) is 3.37. The van der Waals surface area contributed by atoms with Gasteiger partial charge in [0.15, 0.2) is 0 Å². The molecule has 0 saturated heterocycles. The molecule has 0 atom stereocenters. The van der Waals surface area contributed by atoms with Crippen LogP contribution in [0.15, 0.2) is 67.8 Å². The highest BCUT2D eigenvalue weighted by molar-refractivity contribution is 5.86. The van der Waals surface area contributed by atoms with E-state index in [1.807, 2.05) is 45.8 Å². The first-order chi connectivity index (χ1) is 11.3. The summed E-state index contributed by atoms with van der Waals surface area (Å²) in [5.74, 6) is -0.371. The van der Waals surface area contributed by atoms with Gasteiger partial charge in [-0.2, -0.15) is 0 Å². The molecule has 2 heterocycles. The standard InChI is InChI=1S/C17H16N4O2/c1-23-16(22)7-4-14-2-5-15(6-3-14)17(20-10-8-18-12-20)21-11-9-19-13-21/h2-13,17H,1H3/b7-4+. The highest BCUT2D eigenvalue weighted by Gasteiger charge is 2.14. The zero-order valence-corrected chi connectivity index (χ0v) is 12.6. The Kier molecular flexibility index (Phi) is 4.33. The predicted molar refractivity (Wildman–Crippen MR) is 85.5 cm³/mol. The van der Waals surface area contributed by atoms with Crippen molar-refractivity contribution in [2.75, 3.05) is 7.11 Å². The highest BCUT2D eigenvalue weighted by atomic mass is 16.5. The number of hydrogen-bond donors (Lipinski definition) is 0. The van der Waals surface area contributed by atoms with Crippen LogP contribution in [0.25, 0.3) is 6.08 Å². The molecule has 0 saturated carbocycles. The molecule has 0 bridgehead atoms. The molecule has 116 valence electrons. The van der Waals surface area contributed by atoms with E-state index in [0.29, 0.717) is 0 Å². The van der Waals surface area contributed by atoms with E-state index >= 15 is 0 Å². The van der Waals surface area contributed by atoms with Crippen LogP contribution in [0, 0.1) is 0 Å². The van der Waals surface area contributed by atoms with Crippen LogP contribution < -0.4 is 0 Å². The Morgan fingerprint density at radius 2 is 1.70 bits per heavy atom. The Morgan fingerprint density at radius 1 is 1.09 bits per heavy atom. The molecule has 6 heteroatoms. The van der Waals surface area contributed by atoms with Crippen LogP contribution in [0.2, 0.25) is 0 Å². The summed E-state index contributed by atoms with van der Waals surface area (Å²) in [7, 11) is 1.36. The number of aromatic nitrogens is 4. The number of methoxy groups -OCH3 is 1. The second-order valence-electron chi connectivity index (χ2n) is 4.92. The van der Waals surface area contributed by atoms with Crippen LogP contribution in [-0.4, -0.2) is 32.2 Å². The third-order valence-corrected chi connectivity index (χ3v) is 3.46. The molecule has 6 nitrogen and oxygen atoms in total. The average Bonchev–Trinajstić information content (AvgIpc) is 3.28. The minimum atomic E-state index is -0.371. The second kappa shape index (κ2) is 6.74. The van der Waals surface area contributed by atoms with E-state index < -0.39 is 0 Å². The molecule has 0 unspecified atom stereocenters. The topological polar surface area (TPSA) is 61.9 Å². The lowest BCUT2D eigenvalue weighted by Crippen LogP contribution is -2.16. The fraction of sp³-hybridized carbons (Fsp3) is 0.118. The highest BCUT2D eigenvalue weighted by Crippen LogP contribution is 2.21. The number of benzene rings is 1. The molecule has 2 aromatic heterocycles. The van der Waals surface area contributed by atoms with Crippen LogP contribution in [-0.2, 0) is 9.53 Å². The number of carbonyl (C=O) groups is 1. The quantitative estimate of drug-likeness (QED) is 0.536. The lowest BCUT2D eigenvalue weighted by Gasteiger charge is -2.20. The van der Waals surface area contributed by atoms with Gasteiger partial charge in [-0.25, -0.2) is 14.8 Å². The summed E-state index contributed by atoms with van der Waals surface area (Å²) in [6, 6.07) is 7.94. The van der Waals surface area contributed by atoms with Gasteiger partial charge in [-0.15, -0.1) is 0 Å². The summed E-state index contributed by atoms with van der Waals surface area (Å²) < 4.78 is 8.59. The van der Waals surface area contributed by atoms with Gasteiger partial charge in [0.2, 0.25) is 0 Å². The summed E-state index contributed by atoms with van der Waals surface area (Å²) in [5.41, 5.74) is 2.00. The Hall–Kier alpha value is -3.15. The van der Waals surface area contributed by atoms with Crippen LogP contribution in [0.4, 0.5) is 0 Å². The fourth-order valence-corrected chi connectivity index (χ4v) is 2.34. The van der Waals surface area contributed by atoms with Gasteiger partial charge in [0.05, 0.1) is 19.8 Å². The van der Waals surface area contributed by atoms with Crippen molar-refractivity contribution in [3.8, 4) is 0 Å². The average molecular weight is 308 g/mol. The molecular formula is C17H16N4O2. The van der Waals surface area contributed by atoms with Crippen molar-refractivity contribution in [1.82, 2.24) is 19.1 Å². The molecule has 23 heavy (non-hydrogen) atoms. The van der Waals surface area contributed by atoms with Crippen LogP contribution in [0.3, 0.4) is 0 Å². The van der Waals surface area contributed by atoms with Crippen molar-refractivity contribution >= 4 is 12.0 Å². The molecule has 0 amide bonds. The second-order valence-corrected chi connectivity index (χ2v) is 4.92. The van der Waals surface area contributed by atoms with Gasteiger partial charge in [0, 0.05) is 30.9 Å². The van der Waals surface area contributed by atoms with E-state index in [1.54, 1.807) is 31.1 Å². The van der Waals surface area contributed by atoms with Crippen molar-refractivity contribution in [3.63, 3.8) is 0 Å². The summed E-state index contributed by atoms with van der Waals surface area (Å²) in [4.78, 5) is 19.4. The lowest BCUT2D eigenvalue weighted by molar-refractivity contribution is -0.134. The monoisotopic (exact) mass is 308 g/mol. The number of esters is 1. The molecule has 0 aliphatic rings. The Bertz CT molecular complexity index is 740. The first-order valence-electron chi connectivity index (χ1n) is 7.09. The number of rotatable bonds is 5. The zero-order chi connectivity index (χ0) is 16.1. The number of ether oxygens (including phenoxy) is 1. The maximum atomic E-state index is 11.1. The van der Waals surface area contributed by atoms with E-state index in [-0.39, 0.29) is 12.1 Å². The van der Waals surface area contributed by atoms with Gasteiger partial charge in [-0.1, -0.05) is 24.3 Å². The van der Waals surface area contributed by atoms with Crippen molar-refractivity contribution in [1.29, 1.82) is 0 Å². The molecule has 0 N–H and O–H groups in total.